The van der Waals surface area contributed by atoms with Gasteiger partial charge >= 0.3 is 5.82 Å². The molecular formula is C19H25N6O2+. The lowest BCUT2D eigenvalue weighted by atomic mass is 10.1. The number of carbonyl (C=O) groups is 1. The van der Waals surface area contributed by atoms with Gasteiger partial charge in [-0.1, -0.05) is 28.2 Å². The number of nitrogens with zero attached hydrogens (tertiary/aromatic N) is 6. The zero-order valence-electron chi connectivity index (χ0n) is 16.1. The first kappa shape index (κ1) is 17.8. The maximum Gasteiger partial charge on any atom is 0.367 e. The van der Waals surface area contributed by atoms with Gasteiger partial charge in [-0.3, -0.25) is 14.6 Å². The van der Waals surface area contributed by atoms with Crippen LogP contribution in [0.4, 0.5) is 17.2 Å². The van der Waals surface area contributed by atoms with E-state index in [1.54, 1.807) is 16.6 Å². The largest absolute Gasteiger partial charge is 0.367 e. The number of likely N-dealkylation sites (N-methyl/N-ethyl adjacent to an activating group) is 1. The number of carbonyl (C=O) groups excluding carboxylic acids is 1. The number of hydrogen-bond acceptors (Lipinski definition) is 5. The van der Waals surface area contributed by atoms with Crippen molar-refractivity contribution in [3.05, 3.63) is 40.4 Å². The van der Waals surface area contributed by atoms with Crippen LogP contribution < -0.4 is 4.90 Å². The van der Waals surface area contributed by atoms with Crippen LogP contribution in [-0.4, -0.2) is 70.0 Å². The minimum atomic E-state index is -0.0281. The van der Waals surface area contributed by atoms with Crippen molar-refractivity contribution >= 4 is 23.1 Å². The number of hydrogen-bond donors (Lipinski definition) is 0. The molecule has 8 heteroatoms. The summed E-state index contributed by atoms with van der Waals surface area (Å²) >= 11 is 0. The van der Waals surface area contributed by atoms with Crippen LogP contribution in [0.5, 0.6) is 0 Å². The molecule has 1 aromatic heterocycles. The van der Waals surface area contributed by atoms with E-state index in [2.05, 4.69) is 21.9 Å². The fourth-order valence-corrected chi connectivity index (χ4v) is 3.92. The molecule has 8 nitrogen and oxygen atoms in total. The number of anilines is 2. The maximum atomic E-state index is 13.4. The molecule has 1 saturated heterocycles. The van der Waals surface area contributed by atoms with Gasteiger partial charge in [-0.2, -0.15) is 0 Å². The highest BCUT2D eigenvalue weighted by Crippen LogP contribution is 2.41. The molecule has 1 aromatic carbocycles. The van der Waals surface area contributed by atoms with Gasteiger partial charge in [-0.15, -0.1) is 4.68 Å². The Hall–Kier alpha value is -2.58. The molecule has 4 rings (SSSR count). The number of amides is 1. The van der Waals surface area contributed by atoms with Crippen molar-refractivity contribution in [2.45, 2.75) is 13.5 Å². The van der Waals surface area contributed by atoms with Crippen molar-refractivity contribution in [2.75, 3.05) is 44.7 Å². The molecule has 0 aliphatic carbocycles. The Morgan fingerprint density at radius 2 is 1.85 bits per heavy atom. The molecule has 2 aliphatic rings. The normalized spacial score (nSPS) is 18.2. The fourth-order valence-electron chi connectivity index (χ4n) is 3.92. The van der Waals surface area contributed by atoms with Crippen molar-refractivity contribution in [3.63, 3.8) is 0 Å². The van der Waals surface area contributed by atoms with Crippen molar-refractivity contribution < 1.29 is 9.55 Å². The van der Waals surface area contributed by atoms with Gasteiger partial charge in [0.1, 0.15) is 12.7 Å². The standard InChI is InChI=1S/C19H25N6O2/c1-14-18-19(22(3)20-14)24(27)12-15-6-4-5-7-16(15)25(18)17(26)13-23-10-8-21(2)9-11-23/h4-7H,8-13H2,1-3H3/q+1. The predicted octanol–water partition coefficient (Wildman–Crippen LogP) is 1.56. The van der Waals surface area contributed by atoms with E-state index < -0.39 is 0 Å². The molecule has 0 N–H and O–H groups in total. The van der Waals surface area contributed by atoms with Gasteiger partial charge in [0.25, 0.3) is 0 Å². The van der Waals surface area contributed by atoms with Crippen LogP contribution in [-0.2, 0) is 18.4 Å². The second-order valence-corrected chi connectivity index (χ2v) is 7.36. The third-order valence-corrected chi connectivity index (χ3v) is 5.37. The molecule has 1 fully saturated rings. The monoisotopic (exact) mass is 369 g/mol. The molecular weight excluding hydrogens is 344 g/mol. The Balaban J connectivity index is 1.75. The highest BCUT2D eigenvalue weighted by Gasteiger charge is 2.39. The minimum absolute atomic E-state index is 0.0281. The molecule has 0 atom stereocenters. The molecule has 3 heterocycles. The first-order valence-electron chi connectivity index (χ1n) is 9.25. The summed E-state index contributed by atoms with van der Waals surface area (Å²) in [4.78, 5) is 32.3. The number of rotatable bonds is 2. The molecule has 0 spiro atoms. The van der Waals surface area contributed by atoms with E-state index in [0.29, 0.717) is 23.7 Å². The molecule has 1 amide bonds. The minimum Gasteiger partial charge on any atom is -0.304 e. The summed E-state index contributed by atoms with van der Waals surface area (Å²) in [6.45, 7) is 6.01. The van der Waals surface area contributed by atoms with Crippen LogP contribution >= 0.6 is 0 Å². The number of nitroso groups, excluding NO2 is 1. The Labute approximate surface area is 158 Å². The number of aryl methyl sites for hydroxylation is 2. The van der Waals surface area contributed by atoms with Crippen LogP contribution in [0, 0.1) is 11.8 Å². The van der Waals surface area contributed by atoms with E-state index in [4.69, 9.17) is 0 Å². The van der Waals surface area contributed by atoms with Crippen LogP contribution in [0.2, 0.25) is 0 Å². The zero-order valence-corrected chi connectivity index (χ0v) is 16.1. The Morgan fingerprint density at radius 3 is 2.59 bits per heavy atom. The molecule has 0 radical (unpaired) electrons. The number of piperazine rings is 1. The van der Waals surface area contributed by atoms with E-state index >= 15 is 0 Å². The predicted molar refractivity (Wildman–Crippen MR) is 102 cm³/mol. The second-order valence-electron chi connectivity index (χ2n) is 7.36. The van der Waals surface area contributed by atoms with E-state index in [0.717, 1.165) is 42.2 Å². The van der Waals surface area contributed by atoms with Crippen LogP contribution in [0.1, 0.15) is 11.3 Å². The number of aromatic nitrogens is 2. The highest BCUT2D eigenvalue weighted by molar-refractivity contribution is 6.04. The van der Waals surface area contributed by atoms with Crippen molar-refractivity contribution in [1.29, 1.82) is 0 Å². The lowest BCUT2D eigenvalue weighted by Gasteiger charge is -2.33. The van der Waals surface area contributed by atoms with E-state index in [1.165, 1.54) is 0 Å². The average Bonchev–Trinajstić information content (AvgIpc) is 2.84. The first-order chi connectivity index (χ1) is 13.0. The van der Waals surface area contributed by atoms with E-state index in [-0.39, 0.29) is 12.5 Å². The van der Waals surface area contributed by atoms with Crippen molar-refractivity contribution in [3.8, 4) is 0 Å². The zero-order chi connectivity index (χ0) is 19.1. The van der Waals surface area contributed by atoms with Crippen molar-refractivity contribution in [2.24, 2.45) is 7.05 Å². The quantitative estimate of drug-likeness (QED) is 0.752. The third kappa shape index (κ3) is 3.15. The summed E-state index contributed by atoms with van der Waals surface area (Å²) in [6, 6.07) is 7.62. The summed E-state index contributed by atoms with van der Waals surface area (Å²) in [5.74, 6) is 0.398. The van der Waals surface area contributed by atoms with Gasteiger partial charge in [0.2, 0.25) is 5.91 Å². The molecule has 0 saturated carbocycles. The van der Waals surface area contributed by atoms with Crippen LogP contribution in [0.15, 0.2) is 24.3 Å². The molecule has 2 aliphatic heterocycles. The summed E-state index contributed by atoms with van der Waals surface area (Å²) < 4.78 is 2.50. The first-order valence-corrected chi connectivity index (χ1v) is 9.25. The van der Waals surface area contributed by atoms with Gasteiger partial charge in [0.15, 0.2) is 12.2 Å². The van der Waals surface area contributed by atoms with Crippen molar-refractivity contribution in [1.82, 2.24) is 19.6 Å². The Kier molecular flexibility index (Phi) is 4.53. The number of fused-ring (bicyclic) bond motifs is 2. The SMILES string of the molecule is Cc1nn(C)c2c1N(C(=O)CN1CCN(C)CC1)c1ccccc1C[N+]2=O. The lowest BCUT2D eigenvalue weighted by molar-refractivity contribution is -0.484. The highest BCUT2D eigenvalue weighted by atomic mass is 16.3. The van der Waals surface area contributed by atoms with Gasteiger partial charge in [0.05, 0.1) is 12.2 Å². The smallest absolute Gasteiger partial charge is 0.304 e. The van der Waals surface area contributed by atoms with Crippen LogP contribution in [0.3, 0.4) is 0 Å². The van der Waals surface area contributed by atoms with Gasteiger partial charge in [-0.25, -0.2) is 0 Å². The average molecular weight is 369 g/mol. The summed E-state index contributed by atoms with van der Waals surface area (Å²) in [5.41, 5.74) is 2.88. The Bertz CT molecular complexity index is 898. The van der Waals surface area contributed by atoms with E-state index in [1.807, 2.05) is 31.2 Å². The fraction of sp³-hybridized carbons (Fsp3) is 0.474. The summed E-state index contributed by atoms with van der Waals surface area (Å²) in [7, 11) is 3.84. The molecule has 0 unspecified atom stereocenters. The Morgan fingerprint density at radius 1 is 1.15 bits per heavy atom. The number of benzene rings is 1. The topological polar surface area (TPSA) is 64.7 Å². The van der Waals surface area contributed by atoms with Gasteiger partial charge in [-0.05, 0) is 24.8 Å². The second kappa shape index (κ2) is 6.86. The third-order valence-electron chi connectivity index (χ3n) is 5.37. The maximum absolute atomic E-state index is 13.4. The van der Waals surface area contributed by atoms with Crippen LogP contribution in [0.25, 0.3) is 0 Å². The molecule has 2 aromatic rings. The van der Waals surface area contributed by atoms with Gasteiger partial charge < -0.3 is 4.90 Å². The molecule has 142 valence electrons. The lowest BCUT2D eigenvalue weighted by Crippen LogP contribution is -2.48. The number of para-hydroxylation sites is 1. The molecule has 0 bridgehead atoms. The molecule has 27 heavy (non-hydrogen) atoms. The van der Waals surface area contributed by atoms with E-state index in [9.17, 15) is 9.70 Å². The van der Waals surface area contributed by atoms with Gasteiger partial charge in [0, 0.05) is 31.7 Å². The summed E-state index contributed by atoms with van der Waals surface area (Å²) in [6.07, 6.45) is 0. The summed E-state index contributed by atoms with van der Waals surface area (Å²) in [5, 5.41) is 4.41.